The summed E-state index contributed by atoms with van der Waals surface area (Å²) in [5.74, 6) is -1.48. The molecule has 0 aromatic heterocycles. The Morgan fingerprint density at radius 2 is 1.39 bits per heavy atom. The quantitative estimate of drug-likeness (QED) is 0.550. The first-order valence-corrected chi connectivity index (χ1v) is 10.4. The highest BCUT2D eigenvalue weighted by Crippen LogP contribution is 2.29. The van der Waals surface area contributed by atoms with Gasteiger partial charge in [-0.2, -0.15) is 0 Å². The Kier molecular flexibility index (Phi) is 6.53. The van der Waals surface area contributed by atoms with E-state index in [1.165, 1.54) is 35.4 Å². The molecule has 0 radical (unpaired) electrons. The SMILES string of the molecule is O=C(/C=C/c1ccc(F)cc1F)N1CCN(C(c2ccccc2)c2ccccc2)CC1. The summed E-state index contributed by atoms with van der Waals surface area (Å²) in [5, 5.41) is 0. The van der Waals surface area contributed by atoms with Gasteiger partial charge >= 0.3 is 0 Å². The Balaban J connectivity index is 1.44. The summed E-state index contributed by atoms with van der Waals surface area (Å²) < 4.78 is 26.8. The summed E-state index contributed by atoms with van der Waals surface area (Å²) >= 11 is 0. The van der Waals surface area contributed by atoms with E-state index >= 15 is 0 Å². The maximum Gasteiger partial charge on any atom is 0.246 e. The van der Waals surface area contributed by atoms with Gasteiger partial charge in [-0.3, -0.25) is 9.69 Å². The molecule has 3 nitrogen and oxygen atoms in total. The van der Waals surface area contributed by atoms with E-state index in [9.17, 15) is 13.6 Å². The molecule has 1 aliphatic heterocycles. The van der Waals surface area contributed by atoms with Gasteiger partial charge in [0.2, 0.25) is 5.91 Å². The summed E-state index contributed by atoms with van der Waals surface area (Å²) in [4.78, 5) is 16.7. The zero-order valence-corrected chi connectivity index (χ0v) is 17.1. The summed E-state index contributed by atoms with van der Waals surface area (Å²) in [6.45, 7) is 2.65. The predicted octanol–water partition coefficient (Wildman–Crippen LogP) is 4.91. The van der Waals surface area contributed by atoms with Gasteiger partial charge in [0.05, 0.1) is 6.04 Å². The van der Waals surface area contributed by atoms with Crippen LogP contribution in [0.25, 0.3) is 6.08 Å². The number of rotatable bonds is 5. The third-order valence-corrected chi connectivity index (χ3v) is 5.59. The van der Waals surface area contributed by atoms with Crippen LogP contribution in [0.5, 0.6) is 0 Å². The number of carbonyl (C=O) groups is 1. The molecule has 0 saturated carbocycles. The fraction of sp³-hybridized carbons (Fsp3) is 0.192. The molecule has 1 saturated heterocycles. The third-order valence-electron chi connectivity index (χ3n) is 5.59. The summed E-state index contributed by atoms with van der Waals surface area (Å²) in [6, 6.07) is 24.2. The summed E-state index contributed by atoms with van der Waals surface area (Å²) in [5.41, 5.74) is 2.64. The molecule has 31 heavy (non-hydrogen) atoms. The van der Waals surface area contributed by atoms with E-state index in [1.807, 2.05) is 36.4 Å². The first kappa shape index (κ1) is 20.9. The number of piperazine rings is 1. The average Bonchev–Trinajstić information content (AvgIpc) is 2.80. The molecule has 1 heterocycles. The van der Waals surface area contributed by atoms with Gasteiger partial charge in [-0.05, 0) is 29.3 Å². The molecule has 5 heteroatoms. The molecule has 158 valence electrons. The molecule has 0 unspecified atom stereocenters. The minimum absolute atomic E-state index is 0.128. The zero-order valence-electron chi connectivity index (χ0n) is 17.1. The number of hydrogen-bond acceptors (Lipinski definition) is 2. The lowest BCUT2D eigenvalue weighted by atomic mass is 9.96. The van der Waals surface area contributed by atoms with Crippen LogP contribution in [0.4, 0.5) is 8.78 Å². The minimum Gasteiger partial charge on any atom is -0.337 e. The molecular formula is C26H24F2N2O. The van der Waals surface area contributed by atoms with E-state index in [4.69, 9.17) is 0 Å². The molecule has 4 rings (SSSR count). The van der Waals surface area contributed by atoms with Crippen LogP contribution in [0.15, 0.2) is 84.9 Å². The second kappa shape index (κ2) is 9.67. The number of hydrogen-bond donors (Lipinski definition) is 0. The zero-order chi connectivity index (χ0) is 21.6. The number of nitrogens with zero attached hydrogens (tertiary/aromatic N) is 2. The van der Waals surface area contributed by atoms with Crippen LogP contribution in [-0.4, -0.2) is 41.9 Å². The molecular weight excluding hydrogens is 394 g/mol. The molecule has 1 aliphatic rings. The summed E-state index contributed by atoms with van der Waals surface area (Å²) in [6.07, 6.45) is 2.76. The van der Waals surface area contributed by atoms with Crippen molar-refractivity contribution in [1.82, 2.24) is 9.80 Å². The Morgan fingerprint density at radius 1 is 0.806 bits per heavy atom. The van der Waals surface area contributed by atoms with Gasteiger partial charge in [-0.1, -0.05) is 60.7 Å². The molecule has 0 bridgehead atoms. The Labute approximate surface area is 181 Å². The minimum atomic E-state index is -0.678. The van der Waals surface area contributed by atoms with Crippen molar-refractivity contribution in [2.45, 2.75) is 6.04 Å². The third kappa shape index (κ3) is 5.06. The summed E-state index contributed by atoms with van der Waals surface area (Å²) in [7, 11) is 0. The van der Waals surface area contributed by atoms with E-state index < -0.39 is 11.6 Å². The van der Waals surface area contributed by atoms with Crippen LogP contribution in [-0.2, 0) is 4.79 Å². The molecule has 3 aromatic rings. The van der Waals surface area contributed by atoms with Gasteiger partial charge in [-0.15, -0.1) is 0 Å². The van der Waals surface area contributed by atoms with Crippen molar-refractivity contribution in [2.24, 2.45) is 0 Å². The second-order valence-electron chi connectivity index (χ2n) is 7.58. The number of carbonyl (C=O) groups excluding carboxylic acids is 1. The number of benzene rings is 3. The largest absolute Gasteiger partial charge is 0.337 e. The average molecular weight is 418 g/mol. The first-order chi connectivity index (χ1) is 15.1. The highest BCUT2D eigenvalue weighted by atomic mass is 19.1. The Bertz CT molecular complexity index is 1010. The van der Waals surface area contributed by atoms with E-state index in [1.54, 1.807) is 4.90 Å². The molecule has 1 fully saturated rings. The highest BCUT2D eigenvalue weighted by molar-refractivity contribution is 5.91. The van der Waals surface area contributed by atoms with Gasteiger partial charge in [0.1, 0.15) is 11.6 Å². The molecule has 1 amide bonds. The van der Waals surface area contributed by atoms with Gasteiger partial charge in [0, 0.05) is 43.9 Å². The van der Waals surface area contributed by atoms with Crippen molar-refractivity contribution in [2.75, 3.05) is 26.2 Å². The van der Waals surface area contributed by atoms with E-state index in [0.29, 0.717) is 13.1 Å². The number of halogens is 2. The molecule has 0 N–H and O–H groups in total. The smallest absolute Gasteiger partial charge is 0.246 e. The lowest BCUT2D eigenvalue weighted by Crippen LogP contribution is -2.49. The maximum absolute atomic E-state index is 13.8. The highest BCUT2D eigenvalue weighted by Gasteiger charge is 2.27. The van der Waals surface area contributed by atoms with Gasteiger partial charge in [-0.25, -0.2) is 8.78 Å². The molecule has 3 aromatic carbocycles. The normalized spacial score (nSPS) is 15.0. The van der Waals surface area contributed by atoms with Crippen molar-refractivity contribution in [3.05, 3.63) is 113 Å². The Morgan fingerprint density at radius 3 is 1.94 bits per heavy atom. The monoisotopic (exact) mass is 418 g/mol. The van der Waals surface area contributed by atoms with Crippen molar-refractivity contribution < 1.29 is 13.6 Å². The van der Waals surface area contributed by atoms with E-state index in [0.717, 1.165) is 19.2 Å². The first-order valence-electron chi connectivity index (χ1n) is 10.4. The van der Waals surface area contributed by atoms with Crippen LogP contribution in [0.3, 0.4) is 0 Å². The maximum atomic E-state index is 13.8. The van der Waals surface area contributed by atoms with Gasteiger partial charge < -0.3 is 4.90 Å². The van der Waals surface area contributed by atoms with E-state index in [-0.39, 0.29) is 17.5 Å². The van der Waals surface area contributed by atoms with Crippen molar-refractivity contribution in [1.29, 1.82) is 0 Å². The fourth-order valence-corrected chi connectivity index (χ4v) is 3.99. The van der Waals surface area contributed by atoms with Crippen molar-refractivity contribution in [3.8, 4) is 0 Å². The number of amides is 1. The van der Waals surface area contributed by atoms with Gasteiger partial charge in [0.15, 0.2) is 0 Å². The van der Waals surface area contributed by atoms with Crippen LogP contribution in [0.1, 0.15) is 22.7 Å². The molecule has 0 spiro atoms. The lowest BCUT2D eigenvalue weighted by molar-refractivity contribution is -0.127. The second-order valence-corrected chi connectivity index (χ2v) is 7.58. The Hall–Kier alpha value is -3.31. The topological polar surface area (TPSA) is 23.6 Å². The van der Waals surface area contributed by atoms with Gasteiger partial charge in [0.25, 0.3) is 0 Å². The van der Waals surface area contributed by atoms with Crippen LogP contribution < -0.4 is 0 Å². The lowest BCUT2D eigenvalue weighted by Gasteiger charge is -2.39. The standard InChI is InChI=1S/C26H24F2N2O/c27-23-13-11-20(24(28)19-23)12-14-25(31)29-15-17-30(18-16-29)26(21-7-3-1-4-8-21)22-9-5-2-6-10-22/h1-14,19,26H,15-18H2/b14-12+. The van der Waals surface area contributed by atoms with Crippen LogP contribution in [0.2, 0.25) is 0 Å². The molecule has 0 aliphatic carbocycles. The molecule has 0 atom stereocenters. The van der Waals surface area contributed by atoms with Crippen molar-refractivity contribution >= 4 is 12.0 Å². The predicted molar refractivity (Wildman–Crippen MR) is 118 cm³/mol. The fourth-order valence-electron chi connectivity index (χ4n) is 3.99. The van der Waals surface area contributed by atoms with Crippen molar-refractivity contribution in [3.63, 3.8) is 0 Å². The van der Waals surface area contributed by atoms with Crippen LogP contribution >= 0.6 is 0 Å². The van der Waals surface area contributed by atoms with E-state index in [2.05, 4.69) is 29.2 Å². The van der Waals surface area contributed by atoms with Crippen LogP contribution in [0, 0.1) is 11.6 Å².